The molecule has 0 saturated carbocycles. The Morgan fingerprint density at radius 1 is 0.964 bits per heavy atom. The van der Waals surface area contributed by atoms with E-state index in [1.165, 1.54) is 0 Å². The van der Waals surface area contributed by atoms with E-state index in [9.17, 15) is 9.59 Å². The van der Waals surface area contributed by atoms with Crippen LogP contribution in [-0.4, -0.2) is 50.4 Å². The van der Waals surface area contributed by atoms with Crippen LogP contribution in [0.5, 0.6) is 0 Å². The molecule has 2 aromatic rings. The average molecular weight is 380 g/mol. The van der Waals surface area contributed by atoms with Gasteiger partial charge in [0.1, 0.15) is 0 Å². The van der Waals surface area contributed by atoms with Gasteiger partial charge in [-0.25, -0.2) is 0 Å². The Morgan fingerprint density at radius 3 is 2.21 bits per heavy atom. The van der Waals surface area contributed by atoms with Crippen molar-refractivity contribution >= 4 is 23.2 Å². The van der Waals surface area contributed by atoms with Crippen LogP contribution in [0.15, 0.2) is 54.6 Å². The third kappa shape index (κ3) is 5.10. The average Bonchev–Trinajstić information content (AvgIpc) is 3.23. The molecule has 1 aliphatic heterocycles. The van der Waals surface area contributed by atoms with Crippen LogP contribution in [0.1, 0.15) is 24.4 Å². The van der Waals surface area contributed by atoms with Gasteiger partial charge >= 0.3 is 11.8 Å². The fourth-order valence-corrected chi connectivity index (χ4v) is 3.48. The predicted molar refractivity (Wildman–Crippen MR) is 112 cm³/mol. The molecule has 6 heteroatoms. The number of hydrogen-bond donors (Lipinski definition) is 2. The summed E-state index contributed by atoms with van der Waals surface area (Å²) in [5.74, 6) is -1.26. The van der Waals surface area contributed by atoms with Gasteiger partial charge in [0.2, 0.25) is 0 Å². The molecule has 1 heterocycles. The van der Waals surface area contributed by atoms with Crippen molar-refractivity contribution in [3.63, 3.8) is 0 Å². The highest BCUT2D eigenvalue weighted by molar-refractivity contribution is 6.39. The third-order valence-corrected chi connectivity index (χ3v) is 5.07. The van der Waals surface area contributed by atoms with E-state index < -0.39 is 11.8 Å². The molecule has 0 spiro atoms. The van der Waals surface area contributed by atoms with E-state index in [1.807, 2.05) is 32.3 Å². The first kappa shape index (κ1) is 19.9. The number of benzene rings is 2. The van der Waals surface area contributed by atoms with Crippen LogP contribution in [0, 0.1) is 0 Å². The summed E-state index contributed by atoms with van der Waals surface area (Å²) < 4.78 is 0. The summed E-state index contributed by atoms with van der Waals surface area (Å²) in [5, 5.41) is 5.44. The zero-order chi connectivity index (χ0) is 19.9. The first-order chi connectivity index (χ1) is 13.5. The lowest BCUT2D eigenvalue weighted by molar-refractivity contribution is -0.136. The molecule has 1 atom stereocenters. The highest BCUT2D eigenvalue weighted by Gasteiger charge is 2.25. The lowest BCUT2D eigenvalue weighted by Gasteiger charge is -2.28. The first-order valence-electron chi connectivity index (χ1n) is 9.70. The SMILES string of the molecule is CN(C)c1ccc(C(CNC(=O)C(=O)Nc2ccccc2)N2CCCC2)cc1. The Kier molecular flexibility index (Phi) is 6.66. The van der Waals surface area contributed by atoms with Crippen LogP contribution in [0.2, 0.25) is 0 Å². The molecule has 148 valence electrons. The largest absolute Gasteiger partial charge is 0.378 e. The molecule has 0 aliphatic carbocycles. The Hall–Kier alpha value is -2.86. The quantitative estimate of drug-likeness (QED) is 0.757. The summed E-state index contributed by atoms with van der Waals surface area (Å²) in [7, 11) is 4.02. The Bertz CT molecular complexity index is 784. The number of amides is 2. The molecule has 1 saturated heterocycles. The molecule has 0 radical (unpaired) electrons. The number of carbonyl (C=O) groups is 2. The van der Waals surface area contributed by atoms with Crippen molar-refractivity contribution < 1.29 is 9.59 Å². The monoisotopic (exact) mass is 380 g/mol. The summed E-state index contributed by atoms with van der Waals surface area (Å²) in [4.78, 5) is 28.9. The van der Waals surface area contributed by atoms with E-state index >= 15 is 0 Å². The molecule has 1 unspecified atom stereocenters. The minimum absolute atomic E-state index is 0.0622. The number of carbonyl (C=O) groups excluding carboxylic acids is 2. The maximum Gasteiger partial charge on any atom is 0.313 e. The van der Waals surface area contributed by atoms with Crippen LogP contribution >= 0.6 is 0 Å². The zero-order valence-corrected chi connectivity index (χ0v) is 16.5. The van der Waals surface area contributed by atoms with Crippen molar-refractivity contribution in [3.05, 3.63) is 60.2 Å². The molecule has 0 bridgehead atoms. The second kappa shape index (κ2) is 9.37. The fraction of sp³-hybridized carbons (Fsp3) is 0.364. The van der Waals surface area contributed by atoms with Crippen LogP contribution in [0.3, 0.4) is 0 Å². The van der Waals surface area contributed by atoms with Gasteiger partial charge in [-0.05, 0) is 55.8 Å². The second-order valence-corrected chi connectivity index (χ2v) is 7.28. The Morgan fingerprint density at radius 2 is 1.61 bits per heavy atom. The summed E-state index contributed by atoms with van der Waals surface area (Å²) in [6, 6.07) is 17.4. The number of para-hydroxylation sites is 1. The fourth-order valence-electron chi connectivity index (χ4n) is 3.48. The molecular formula is C22H28N4O2. The van der Waals surface area contributed by atoms with Crippen molar-refractivity contribution in [2.24, 2.45) is 0 Å². The minimum Gasteiger partial charge on any atom is -0.378 e. The number of nitrogens with zero attached hydrogens (tertiary/aromatic N) is 2. The number of anilines is 2. The van der Waals surface area contributed by atoms with Crippen LogP contribution in [0.4, 0.5) is 11.4 Å². The van der Waals surface area contributed by atoms with E-state index in [0.29, 0.717) is 12.2 Å². The van der Waals surface area contributed by atoms with Gasteiger partial charge in [0.25, 0.3) is 0 Å². The summed E-state index contributed by atoms with van der Waals surface area (Å²) in [6.45, 7) is 2.42. The number of rotatable bonds is 6. The van der Waals surface area contributed by atoms with Gasteiger partial charge in [-0.3, -0.25) is 14.5 Å². The smallest absolute Gasteiger partial charge is 0.313 e. The topological polar surface area (TPSA) is 64.7 Å². The van der Waals surface area contributed by atoms with E-state index in [-0.39, 0.29) is 6.04 Å². The number of nitrogens with one attached hydrogen (secondary N) is 2. The van der Waals surface area contributed by atoms with Crippen LogP contribution in [0.25, 0.3) is 0 Å². The second-order valence-electron chi connectivity index (χ2n) is 7.28. The molecule has 0 aromatic heterocycles. The van der Waals surface area contributed by atoms with Gasteiger partial charge in [0.05, 0.1) is 6.04 Å². The van der Waals surface area contributed by atoms with Crippen LogP contribution in [-0.2, 0) is 9.59 Å². The van der Waals surface area contributed by atoms with Gasteiger partial charge < -0.3 is 15.5 Å². The molecule has 1 fully saturated rings. The van der Waals surface area contributed by atoms with Gasteiger partial charge in [-0.1, -0.05) is 30.3 Å². The number of likely N-dealkylation sites (tertiary alicyclic amines) is 1. The lowest BCUT2D eigenvalue weighted by Crippen LogP contribution is -2.41. The predicted octanol–water partition coefficient (Wildman–Crippen LogP) is 2.64. The summed E-state index contributed by atoms with van der Waals surface area (Å²) >= 11 is 0. The highest BCUT2D eigenvalue weighted by atomic mass is 16.2. The maximum absolute atomic E-state index is 12.3. The molecule has 2 N–H and O–H groups in total. The number of hydrogen-bond acceptors (Lipinski definition) is 4. The first-order valence-corrected chi connectivity index (χ1v) is 9.70. The van der Waals surface area contributed by atoms with Gasteiger partial charge in [-0.2, -0.15) is 0 Å². The standard InChI is InChI=1S/C22H28N4O2/c1-25(2)19-12-10-17(11-13-19)20(26-14-6-7-15-26)16-23-21(27)22(28)24-18-8-4-3-5-9-18/h3-5,8-13,20H,6-7,14-16H2,1-2H3,(H,23,27)(H,24,28). The minimum atomic E-state index is -0.644. The van der Waals surface area contributed by atoms with Crippen molar-refractivity contribution in [3.8, 4) is 0 Å². The normalized spacial score (nSPS) is 15.1. The molecule has 28 heavy (non-hydrogen) atoms. The molecule has 3 rings (SSSR count). The van der Waals surface area contributed by atoms with E-state index in [2.05, 4.69) is 44.7 Å². The lowest BCUT2D eigenvalue weighted by atomic mass is 10.0. The van der Waals surface area contributed by atoms with Crippen molar-refractivity contribution in [2.45, 2.75) is 18.9 Å². The summed E-state index contributed by atoms with van der Waals surface area (Å²) in [6.07, 6.45) is 2.32. The molecular weight excluding hydrogens is 352 g/mol. The Balaban J connectivity index is 1.64. The van der Waals surface area contributed by atoms with Gasteiger partial charge in [0.15, 0.2) is 0 Å². The van der Waals surface area contributed by atoms with Crippen molar-refractivity contribution in [1.29, 1.82) is 0 Å². The zero-order valence-electron chi connectivity index (χ0n) is 16.5. The van der Waals surface area contributed by atoms with E-state index in [0.717, 1.165) is 37.2 Å². The molecule has 6 nitrogen and oxygen atoms in total. The molecule has 2 amide bonds. The van der Waals surface area contributed by atoms with Gasteiger partial charge in [-0.15, -0.1) is 0 Å². The van der Waals surface area contributed by atoms with Crippen LogP contribution < -0.4 is 15.5 Å². The molecule has 2 aromatic carbocycles. The van der Waals surface area contributed by atoms with Crippen molar-refractivity contribution in [2.75, 3.05) is 43.9 Å². The van der Waals surface area contributed by atoms with E-state index in [4.69, 9.17) is 0 Å². The highest BCUT2D eigenvalue weighted by Crippen LogP contribution is 2.26. The van der Waals surface area contributed by atoms with Crippen molar-refractivity contribution in [1.82, 2.24) is 10.2 Å². The van der Waals surface area contributed by atoms with E-state index in [1.54, 1.807) is 12.1 Å². The summed E-state index contributed by atoms with van der Waals surface area (Å²) in [5.41, 5.74) is 2.89. The maximum atomic E-state index is 12.3. The van der Waals surface area contributed by atoms with Gasteiger partial charge in [0, 0.05) is 32.0 Å². The molecule has 1 aliphatic rings. The Labute approximate surface area is 166 Å². The third-order valence-electron chi connectivity index (χ3n) is 5.07.